The molecule has 0 fully saturated rings. The van der Waals surface area contributed by atoms with E-state index in [0.717, 1.165) is 0 Å². The van der Waals surface area contributed by atoms with Crippen molar-refractivity contribution in [3.8, 4) is 0 Å². The molecular weight excluding hydrogens is 235 g/mol. The van der Waals surface area contributed by atoms with Crippen molar-refractivity contribution in [1.29, 1.82) is 0 Å². The Balaban J connectivity index is 2.91. The van der Waals surface area contributed by atoms with Gasteiger partial charge in [0.25, 0.3) is 5.91 Å². The number of hydrogen-bond acceptors (Lipinski definition) is 3. The highest BCUT2D eigenvalue weighted by molar-refractivity contribution is 5.95. The molecule has 0 spiro atoms. The van der Waals surface area contributed by atoms with Gasteiger partial charge < -0.3 is 15.4 Å². The molecule has 0 radical (unpaired) electrons. The largest absolute Gasteiger partial charge is 0.396 e. The van der Waals surface area contributed by atoms with Gasteiger partial charge in [0, 0.05) is 25.3 Å². The second-order valence-electron chi connectivity index (χ2n) is 4.32. The van der Waals surface area contributed by atoms with E-state index in [1.54, 1.807) is 12.0 Å². The molecule has 0 atom stereocenters. The predicted molar refractivity (Wildman–Crippen MR) is 68.9 cm³/mol. The highest BCUT2D eigenvalue weighted by atomic mass is 19.1. The van der Waals surface area contributed by atoms with Crippen LogP contribution in [0.2, 0.25) is 0 Å². The van der Waals surface area contributed by atoms with Gasteiger partial charge in [0.1, 0.15) is 5.82 Å². The number of anilines is 1. The first-order valence-corrected chi connectivity index (χ1v) is 5.82. The van der Waals surface area contributed by atoms with E-state index in [1.807, 2.05) is 13.8 Å². The molecule has 1 amide bonds. The zero-order chi connectivity index (χ0) is 13.7. The maximum absolute atomic E-state index is 13.1. The van der Waals surface area contributed by atoms with Crippen molar-refractivity contribution in [1.82, 2.24) is 4.90 Å². The minimum atomic E-state index is -0.514. The molecule has 100 valence electrons. The summed E-state index contributed by atoms with van der Waals surface area (Å²) in [7, 11) is 1.58. The first-order valence-electron chi connectivity index (χ1n) is 5.82. The van der Waals surface area contributed by atoms with Crippen molar-refractivity contribution >= 4 is 11.6 Å². The molecule has 0 aliphatic carbocycles. The fourth-order valence-electron chi connectivity index (χ4n) is 1.63. The average Bonchev–Trinajstić information content (AvgIpc) is 2.32. The van der Waals surface area contributed by atoms with Crippen molar-refractivity contribution in [3.63, 3.8) is 0 Å². The smallest absolute Gasteiger partial charge is 0.254 e. The van der Waals surface area contributed by atoms with Crippen LogP contribution < -0.4 is 5.73 Å². The molecule has 18 heavy (non-hydrogen) atoms. The minimum Gasteiger partial charge on any atom is -0.396 e. The van der Waals surface area contributed by atoms with Crippen molar-refractivity contribution in [2.45, 2.75) is 19.9 Å². The second-order valence-corrected chi connectivity index (χ2v) is 4.32. The molecule has 4 nitrogen and oxygen atoms in total. The number of nitrogen functional groups attached to an aromatic ring is 1. The molecule has 0 aromatic heterocycles. The number of methoxy groups -OCH3 is 1. The number of amides is 1. The molecule has 1 rings (SSSR count). The summed E-state index contributed by atoms with van der Waals surface area (Å²) in [4.78, 5) is 13.9. The standard InChI is InChI=1S/C13H19FN2O2/c1-9(2)16(6-7-18-3)13(17)10-4-5-11(14)12(15)8-10/h4-5,8-9H,6-7,15H2,1-3H3. The van der Waals surface area contributed by atoms with Crippen LogP contribution in [0.15, 0.2) is 18.2 Å². The molecule has 0 aliphatic rings. The number of carbonyl (C=O) groups is 1. The van der Waals surface area contributed by atoms with E-state index in [9.17, 15) is 9.18 Å². The number of nitrogens with zero attached hydrogens (tertiary/aromatic N) is 1. The molecule has 1 aromatic carbocycles. The highest BCUT2D eigenvalue weighted by Gasteiger charge is 2.19. The molecule has 1 aromatic rings. The maximum atomic E-state index is 13.1. The Hall–Kier alpha value is -1.62. The van der Waals surface area contributed by atoms with Gasteiger partial charge in [-0.3, -0.25) is 4.79 Å². The van der Waals surface area contributed by atoms with E-state index < -0.39 is 5.82 Å². The molecular formula is C13H19FN2O2. The van der Waals surface area contributed by atoms with Gasteiger partial charge in [-0.15, -0.1) is 0 Å². The van der Waals surface area contributed by atoms with Gasteiger partial charge in [0.05, 0.1) is 12.3 Å². The van der Waals surface area contributed by atoms with Crippen molar-refractivity contribution in [2.75, 3.05) is 26.0 Å². The lowest BCUT2D eigenvalue weighted by atomic mass is 10.1. The van der Waals surface area contributed by atoms with E-state index in [2.05, 4.69) is 0 Å². The monoisotopic (exact) mass is 254 g/mol. The highest BCUT2D eigenvalue weighted by Crippen LogP contribution is 2.15. The predicted octanol–water partition coefficient (Wildman–Crippen LogP) is 1.90. The Morgan fingerprint density at radius 2 is 2.17 bits per heavy atom. The van der Waals surface area contributed by atoms with Crippen LogP contribution in [0.4, 0.5) is 10.1 Å². The van der Waals surface area contributed by atoms with Gasteiger partial charge in [0.15, 0.2) is 0 Å². The van der Waals surface area contributed by atoms with Gasteiger partial charge in [-0.05, 0) is 32.0 Å². The van der Waals surface area contributed by atoms with Crippen LogP contribution in [0.5, 0.6) is 0 Å². The van der Waals surface area contributed by atoms with E-state index in [0.29, 0.717) is 18.7 Å². The Labute approximate surface area is 107 Å². The summed E-state index contributed by atoms with van der Waals surface area (Å²) < 4.78 is 18.0. The third kappa shape index (κ3) is 3.43. The maximum Gasteiger partial charge on any atom is 0.254 e. The first kappa shape index (κ1) is 14.4. The van der Waals surface area contributed by atoms with Gasteiger partial charge in [-0.25, -0.2) is 4.39 Å². The molecule has 0 heterocycles. The molecule has 0 saturated carbocycles. The third-order valence-electron chi connectivity index (χ3n) is 2.66. The van der Waals surface area contributed by atoms with E-state index in [1.165, 1.54) is 18.2 Å². The fourth-order valence-corrected chi connectivity index (χ4v) is 1.63. The third-order valence-corrected chi connectivity index (χ3v) is 2.66. The van der Waals surface area contributed by atoms with Crippen molar-refractivity contribution < 1.29 is 13.9 Å². The minimum absolute atomic E-state index is 0.0173. The molecule has 5 heteroatoms. The van der Waals surface area contributed by atoms with Crippen LogP contribution in [-0.4, -0.2) is 37.1 Å². The summed E-state index contributed by atoms with van der Waals surface area (Å²) in [6.45, 7) is 4.78. The summed E-state index contributed by atoms with van der Waals surface area (Å²) in [5.41, 5.74) is 5.83. The Morgan fingerprint density at radius 1 is 1.50 bits per heavy atom. The molecule has 0 aliphatic heterocycles. The van der Waals surface area contributed by atoms with E-state index in [4.69, 9.17) is 10.5 Å². The number of rotatable bonds is 5. The number of benzene rings is 1. The molecule has 2 N–H and O–H groups in total. The number of carbonyl (C=O) groups excluding carboxylic acids is 1. The summed E-state index contributed by atoms with van der Waals surface area (Å²) >= 11 is 0. The SMILES string of the molecule is COCCN(C(=O)c1ccc(F)c(N)c1)C(C)C. The van der Waals surface area contributed by atoms with Crippen LogP contribution in [-0.2, 0) is 4.74 Å². The number of hydrogen-bond donors (Lipinski definition) is 1. The lowest BCUT2D eigenvalue weighted by Gasteiger charge is -2.26. The summed E-state index contributed by atoms with van der Waals surface area (Å²) in [5.74, 6) is -0.687. The van der Waals surface area contributed by atoms with Crippen LogP contribution in [0.3, 0.4) is 0 Å². The van der Waals surface area contributed by atoms with Crippen LogP contribution in [0.25, 0.3) is 0 Å². The topological polar surface area (TPSA) is 55.6 Å². The molecule has 0 bridgehead atoms. The number of halogens is 1. The summed E-state index contributed by atoms with van der Waals surface area (Å²) in [5, 5.41) is 0. The van der Waals surface area contributed by atoms with Gasteiger partial charge >= 0.3 is 0 Å². The van der Waals surface area contributed by atoms with Crippen LogP contribution >= 0.6 is 0 Å². The Kier molecular flexibility index (Phi) is 5.09. The van der Waals surface area contributed by atoms with Crippen LogP contribution in [0, 0.1) is 5.82 Å². The Morgan fingerprint density at radius 3 is 2.67 bits per heavy atom. The van der Waals surface area contributed by atoms with E-state index in [-0.39, 0.29) is 17.6 Å². The van der Waals surface area contributed by atoms with Crippen molar-refractivity contribution in [3.05, 3.63) is 29.6 Å². The number of nitrogens with two attached hydrogens (primary N) is 1. The Bertz CT molecular complexity index is 421. The van der Waals surface area contributed by atoms with Gasteiger partial charge in [0.2, 0.25) is 0 Å². The number of ether oxygens (including phenoxy) is 1. The van der Waals surface area contributed by atoms with E-state index >= 15 is 0 Å². The molecule has 0 unspecified atom stereocenters. The summed E-state index contributed by atoms with van der Waals surface area (Å²) in [6, 6.07) is 4.05. The van der Waals surface area contributed by atoms with Gasteiger partial charge in [-0.2, -0.15) is 0 Å². The fraction of sp³-hybridized carbons (Fsp3) is 0.462. The summed E-state index contributed by atoms with van der Waals surface area (Å²) in [6.07, 6.45) is 0. The van der Waals surface area contributed by atoms with Gasteiger partial charge in [-0.1, -0.05) is 0 Å². The van der Waals surface area contributed by atoms with Crippen LogP contribution in [0.1, 0.15) is 24.2 Å². The average molecular weight is 254 g/mol. The lowest BCUT2D eigenvalue weighted by molar-refractivity contribution is 0.0635. The zero-order valence-electron chi connectivity index (χ0n) is 10.9. The van der Waals surface area contributed by atoms with Crippen molar-refractivity contribution in [2.24, 2.45) is 0 Å². The lowest BCUT2D eigenvalue weighted by Crippen LogP contribution is -2.39. The molecule has 0 saturated heterocycles. The quantitative estimate of drug-likeness (QED) is 0.816. The normalized spacial score (nSPS) is 10.7. The first-order chi connectivity index (χ1) is 8.47. The second kappa shape index (κ2) is 6.35. The zero-order valence-corrected chi connectivity index (χ0v) is 10.9.